The third-order valence-electron chi connectivity index (χ3n) is 3.77. The van der Waals surface area contributed by atoms with Crippen LogP contribution in [0.3, 0.4) is 0 Å². The summed E-state index contributed by atoms with van der Waals surface area (Å²) >= 11 is 0. The molecule has 3 aromatic rings. The van der Waals surface area contributed by atoms with Crippen molar-refractivity contribution in [1.29, 1.82) is 0 Å². The van der Waals surface area contributed by atoms with Crippen molar-refractivity contribution in [2.75, 3.05) is 7.11 Å². The van der Waals surface area contributed by atoms with Crippen LogP contribution < -0.4 is 9.47 Å². The van der Waals surface area contributed by atoms with Crippen LogP contribution in [0, 0.1) is 6.92 Å². The highest BCUT2D eigenvalue weighted by Gasteiger charge is 2.16. The van der Waals surface area contributed by atoms with Gasteiger partial charge in [0.05, 0.1) is 25.5 Å². The molecule has 0 aliphatic heterocycles. The third kappa shape index (κ3) is 3.46. The van der Waals surface area contributed by atoms with Crippen molar-refractivity contribution < 1.29 is 14.3 Å². The predicted molar refractivity (Wildman–Crippen MR) is 90.5 cm³/mol. The lowest BCUT2D eigenvalue weighted by Gasteiger charge is -2.07. The molecule has 0 amide bonds. The molecule has 3 rings (SSSR count). The fourth-order valence-electron chi connectivity index (χ4n) is 2.37. The Morgan fingerprint density at radius 1 is 1.04 bits per heavy atom. The van der Waals surface area contributed by atoms with E-state index in [9.17, 15) is 4.79 Å². The van der Waals surface area contributed by atoms with Gasteiger partial charge in [0.15, 0.2) is 0 Å². The molecule has 5 heteroatoms. The predicted octanol–water partition coefficient (Wildman–Crippen LogP) is 3.47. The minimum Gasteiger partial charge on any atom is -0.497 e. The van der Waals surface area contributed by atoms with Gasteiger partial charge in [0.1, 0.15) is 17.1 Å². The zero-order chi connectivity index (χ0) is 16.9. The molecule has 0 aliphatic carbocycles. The van der Waals surface area contributed by atoms with Gasteiger partial charge in [0.2, 0.25) is 0 Å². The quantitative estimate of drug-likeness (QED) is 0.533. The van der Waals surface area contributed by atoms with E-state index in [0.29, 0.717) is 23.6 Å². The first-order valence-electron chi connectivity index (χ1n) is 7.60. The summed E-state index contributed by atoms with van der Waals surface area (Å²) in [7, 11) is 1.59. The largest absolute Gasteiger partial charge is 0.497 e. The molecule has 122 valence electrons. The minimum atomic E-state index is -0.419. The molecule has 0 unspecified atom stereocenters. The van der Waals surface area contributed by atoms with Gasteiger partial charge >= 0.3 is 5.97 Å². The third-order valence-corrected chi connectivity index (χ3v) is 3.77. The van der Waals surface area contributed by atoms with Gasteiger partial charge in [-0.1, -0.05) is 30.3 Å². The summed E-state index contributed by atoms with van der Waals surface area (Å²) in [6.07, 6.45) is 1.55. The second kappa shape index (κ2) is 7.00. The Bertz CT molecular complexity index is 824. The van der Waals surface area contributed by atoms with Crippen LogP contribution in [0.2, 0.25) is 0 Å². The van der Waals surface area contributed by atoms with Crippen LogP contribution in [0.25, 0.3) is 0 Å². The molecule has 2 aromatic carbocycles. The summed E-state index contributed by atoms with van der Waals surface area (Å²) in [4.78, 5) is 12.3. The SMILES string of the molecule is COc1ccc(OC(=O)c2cnn(Cc3ccccc3)c2C)cc1. The highest BCUT2D eigenvalue weighted by Crippen LogP contribution is 2.19. The Labute approximate surface area is 140 Å². The summed E-state index contributed by atoms with van der Waals surface area (Å²) in [6, 6.07) is 16.9. The maximum Gasteiger partial charge on any atom is 0.347 e. The van der Waals surface area contributed by atoms with Crippen LogP contribution in [-0.4, -0.2) is 22.9 Å². The molecule has 1 aromatic heterocycles. The zero-order valence-corrected chi connectivity index (χ0v) is 13.6. The number of benzene rings is 2. The van der Waals surface area contributed by atoms with Gasteiger partial charge in [-0.3, -0.25) is 4.68 Å². The number of hydrogen-bond acceptors (Lipinski definition) is 4. The number of ether oxygens (including phenoxy) is 2. The Balaban J connectivity index is 1.73. The van der Waals surface area contributed by atoms with Gasteiger partial charge in [-0.25, -0.2) is 4.79 Å². The lowest BCUT2D eigenvalue weighted by Crippen LogP contribution is -2.11. The molecule has 0 atom stereocenters. The Kier molecular flexibility index (Phi) is 4.61. The normalized spacial score (nSPS) is 10.4. The molecular weight excluding hydrogens is 304 g/mol. The number of carbonyl (C=O) groups excluding carboxylic acids is 1. The number of carbonyl (C=O) groups is 1. The number of nitrogens with zero attached hydrogens (tertiary/aromatic N) is 2. The van der Waals surface area contributed by atoms with Gasteiger partial charge < -0.3 is 9.47 Å². The number of esters is 1. The molecule has 0 radical (unpaired) electrons. The zero-order valence-electron chi connectivity index (χ0n) is 13.6. The number of aromatic nitrogens is 2. The first-order valence-corrected chi connectivity index (χ1v) is 7.60. The fraction of sp³-hybridized carbons (Fsp3) is 0.158. The van der Waals surface area contributed by atoms with Crippen LogP contribution in [-0.2, 0) is 6.54 Å². The summed E-state index contributed by atoms with van der Waals surface area (Å²) in [5, 5.41) is 4.30. The molecule has 0 N–H and O–H groups in total. The van der Waals surface area contributed by atoms with E-state index in [4.69, 9.17) is 9.47 Å². The van der Waals surface area contributed by atoms with E-state index in [1.807, 2.05) is 37.3 Å². The maximum atomic E-state index is 12.3. The van der Waals surface area contributed by atoms with E-state index in [2.05, 4.69) is 5.10 Å². The average molecular weight is 322 g/mol. The molecule has 5 nitrogen and oxygen atoms in total. The maximum absolute atomic E-state index is 12.3. The highest BCUT2D eigenvalue weighted by atomic mass is 16.5. The van der Waals surface area contributed by atoms with Crippen LogP contribution in [0.15, 0.2) is 60.8 Å². The smallest absolute Gasteiger partial charge is 0.347 e. The molecule has 24 heavy (non-hydrogen) atoms. The fourth-order valence-corrected chi connectivity index (χ4v) is 2.37. The summed E-state index contributed by atoms with van der Waals surface area (Å²) in [5.74, 6) is 0.759. The van der Waals surface area contributed by atoms with Crippen LogP contribution in [0.5, 0.6) is 11.5 Å². The van der Waals surface area contributed by atoms with Crippen molar-refractivity contribution in [2.24, 2.45) is 0 Å². The molecule has 0 spiro atoms. The molecule has 1 heterocycles. The standard InChI is InChI=1S/C19H18N2O3/c1-14-18(12-20-21(14)13-15-6-4-3-5-7-15)19(22)24-17-10-8-16(23-2)9-11-17/h3-12H,13H2,1-2H3. The average Bonchev–Trinajstić information content (AvgIpc) is 2.97. The molecule has 0 aliphatic rings. The van der Waals surface area contributed by atoms with E-state index >= 15 is 0 Å². The van der Waals surface area contributed by atoms with Gasteiger partial charge in [0, 0.05) is 0 Å². The molecule has 0 saturated heterocycles. The second-order valence-electron chi connectivity index (χ2n) is 5.35. The monoisotopic (exact) mass is 322 g/mol. The molecule has 0 saturated carbocycles. The lowest BCUT2D eigenvalue weighted by molar-refractivity contribution is 0.0733. The Hall–Kier alpha value is -3.08. The minimum absolute atomic E-state index is 0.419. The number of rotatable bonds is 5. The van der Waals surface area contributed by atoms with E-state index in [1.54, 1.807) is 42.3 Å². The summed E-state index contributed by atoms with van der Waals surface area (Å²) < 4.78 is 12.3. The van der Waals surface area contributed by atoms with Gasteiger partial charge in [-0.05, 0) is 36.8 Å². The van der Waals surface area contributed by atoms with Crippen molar-refractivity contribution in [1.82, 2.24) is 9.78 Å². The molecule has 0 bridgehead atoms. The summed E-state index contributed by atoms with van der Waals surface area (Å²) in [5.41, 5.74) is 2.36. The van der Waals surface area contributed by atoms with Crippen LogP contribution >= 0.6 is 0 Å². The van der Waals surface area contributed by atoms with Crippen molar-refractivity contribution in [3.05, 3.63) is 77.6 Å². The molecule has 0 fully saturated rings. The van der Waals surface area contributed by atoms with E-state index in [0.717, 1.165) is 11.3 Å². The van der Waals surface area contributed by atoms with Crippen molar-refractivity contribution in [2.45, 2.75) is 13.5 Å². The van der Waals surface area contributed by atoms with Crippen molar-refractivity contribution in [3.63, 3.8) is 0 Å². The van der Waals surface area contributed by atoms with E-state index in [1.165, 1.54) is 0 Å². The van der Waals surface area contributed by atoms with E-state index < -0.39 is 5.97 Å². The van der Waals surface area contributed by atoms with Crippen molar-refractivity contribution in [3.8, 4) is 11.5 Å². The van der Waals surface area contributed by atoms with E-state index in [-0.39, 0.29) is 0 Å². The first-order chi connectivity index (χ1) is 11.7. The lowest BCUT2D eigenvalue weighted by atomic mass is 10.2. The Morgan fingerprint density at radius 2 is 1.71 bits per heavy atom. The topological polar surface area (TPSA) is 53.4 Å². The van der Waals surface area contributed by atoms with Crippen LogP contribution in [0.1, 0.15) is 21.6 Å². The summed E-state index contributed by atoms with van der Waals surface area (Å²) in [6.45, 7) is 2.48. The van der Waals surface area contributed by atoms with Crippen molar-refractivity contribution >= 4 is 5.97 Å². The van der Waals surface area contributed by atoms with Gasteiger partial charge in [-0.15, -0.1) is 0 Å². The first kappa shape index (κ1) is 15.8. The highest BCUT2D eigenvalue weighted by molar-refractivity contribution is 5.91. The Morgan fingerprint density at radius 3 is 2.38 bits per heavy atom. The van der Waals surface area contributed by atoms with Gasteiger partial charge in [0.25, 0.3) is 0 Å². The van der Waals surface area contributed by atoms with Crippen LogP contribution in [0.4, 0.5) is 0 Å². The second-order valence-corrected chi connectivity index (χ2v) is 5.35. The number of methoxy groups -OCH3 is 1. The number of hydrogen-bond donors (Lipinski definition) is 0. The van der Waals surface area contributed by atoms with Gasteiger partial charge in [-0.2, -0.15) is 5.10 Å². The molecular formula is C19H18N2O3.